The number of hydrogen-bond acceptors (Lipinski definition) is 4. The van der Waals surface area contributed by atoms with Crippen molar-refractivity contribution >= 4 is 11.9 Å². The Kier molecular flexibility index (Phi) is 4.23. The molecule has 6 nitrogen and oxygen atoms in total. The lowest BCUT2D eigenvalue weighted by Gasteiger charge is -2.16. The van der Waals surface area contributed by atoms with Crippen LogP contribution in [0.1, 0.15) is 16.8 Å². The maximum atomic E-state index is 12.4. The van der Waals surface area contributed by atoms with Crippen LogP contribution in [0.3, 0.4) is 0 Å². The summed E-state index contributed by atoms with van der Waals surface area (Å²) < 4.78 is 5.62. The number of aliphatic carboxylic acids is 1. The molecule has 1 saturated heterocycles. The first-order valence-electron chi connectivity index (χ1n) is 7.33. The predicted molar refractivity (Wildman–Crippen MR) is 82.4 cm³/mol. The summed E-state index contributed by atoms with van der Waals surface area (Å²) in [6, 6.07) is 10.4. The van der Waals surface area contributed by atoms with E-state index in [1.807, 2.05) is 0 Å². The van der Waals surface area contributed by atoms with Gasteiger partial charge in [0.05, 0.1) is 12.1 Å². The Balaban J connectivity index is 1.65. The molecule has 1 atom stereocenters. The second-order valence-electron chi connectivity index (χ2n) is 5.39. The topological polar surface area (TPSA) is 79.7 Å². The van der Waals surface area contributed by atoms with E-state index in [9.17, 15) is 9.59 Å². The molecule has 6 heteroatoms. The van der Waals surface area contributed by atoms with Crippen LogP contribution in [0.4, 0.5) is 0 Å². The number of pyridine rings is 1. The molecule has 0 saturated carbocycles. The summed E-state index contributed by atoms with van der Waals surface area (Å²) in [5, 5.41) is 9.00. The van der Waals surface area contributed by atoms with Crippen LogP contribution in [0.2, 0.25) is 0 Å². The van der Waals surface area contributed by atoms with E-state index < -0.39 is 11.9 Å². The van der Waals surface area contributed by atoms with Crippen molar-refractivity contribution in [3.63, 3.8) is 0 Å². The van der Waals surface area contributed by atoms with Crippen molar-refractivity contribution in [1.29, 1.82) is 0 Å². The van der Waals surface area contributed by atoms with Gasteiger partial charge in [-0.2, -0.15) is 0 Å². The molecule has 0 radical (unpaired) electrons. The molecule has 1 fully saturated rings. The first kappa shape index (κ1) is 15.0. The average molecular weight is 312 g/mol. The second kappa shape index (κ2) is 6.48. The lowest BCUT2D eigenvalue weighted by Crippen LogP contribution is -2.29. The van der Waals surface area contributed by atoms with Crippen LogP contribution >= 0.6 is 0 Å². The number of ether oxygens (including phenoxy) is 1. The van der Waals surface area contributed by atoms with E-state index in [0.717, 1.165) is 0 Å². The minimum absolute atomic E-state index is 0.151. The Morgan fingerprint density at radius 2 is 1.96 bits per heavy atom. The van der Waals surface area contributed by atoms with Gasteiger partial charge in [-0.15, -0.1) is 0 Å². The first-order chi connectivity index (χ1) is 11.1. The number of likely N-dealkylation sites (tertiary alicyclic amines) is 1. The zero-order valence-corrected chi connectivity index (χ0v) is 12.4. The molecule has 0 spiro atoms. The summed E-state index contributed by atoms with van der Waals surface area (Å²) in [6.07, 6.45) is 3.77. The molecule has 1 amide bonds. The van der Waals surface area contributed by atoms with Gasteiger partial charge in [-0.1, -0.05) is 0 Å². The van der Waals surface area contributed by atoms with E-state index in [-0.39, 0.29) is 12.5 Å². The number of carbonyl (C=O) groups is 2. The summed E-state index contributed by atoms with van der Waals surface area (Å²) in [5.74, 6) is -0.232. The third kappa shape index (κ3) is 3.48. The molecule has 1 aromatic heterocycles. The highest BCUT2D eigenvalue weighted by Crippen LogP contribution is 2.23. The van der Waals surface area contributed by atoms with Crippen molar-refractivity contribution in [2.45, 2.75) is 6.42 Å². The summed E-state index contributed by atoms with van der Waals surface area (Å²) in [6.45, 7) is 0.742. The first-order valence-corrected chi connectivity index (χ1v) is 7.33. The lowest BCUT2D eigenvalue weighted by molar-refractivity contribution is -0.141. The van der Waals surface area contributed by atoms with Gasteiger partial charge in [0.25, 0.3) is 5.91 Å². The fourth-order valence-corrected chi connectivity index (χ4v) is 2.54. The summed E-state index contributed by atoms with van der Waals surface area (Å²) in [4.78, 5) is 28.9. The fourth-order valence-electron chi connectivity index (χ4n) is 2.54. The number of amides is 1. The van der Waals surface area contributed by atoms with Gasteiger partial charge in [-0.3, -0.25) is 14.6 Å². The minimum atomic E-state index is -0.847. The molecule has 3 rings (SSSR count). The van der Waals surface area contributed by atoms with E-state index in [0.29, 0.717) is 30.0 Å². The Morgan fingerprint density at radius 1 is 1.17 bits per heavy atom. The molecule has 2 aromatic rings. The molecule has 2 heterocycles. The number of hydrogen-bond donors (Lipinski definition) is 1. The molecule has 0 bridgehead atoms. The van der Waals surface area contributed by atoms with Crippen LogP contribution in [-0.4, -0.2) is 40.0 Å². The van der Waals surface area contributed by atoms with Crippen molar-refractivity contribution in [3.8, 4) is 11.5 Å². The highest BCUT2D eigenvalue weighted by atomic mass is 16.5. The summed E-state index contributed by atoms with van der Waals surface area (Å²) in [7, 11) is 0. The van der Waals surface area contributed by atoms with Gasteiger partial charge in [0, 0.05) is 24.8 Å². The van der Waals surface area contributed by atoms with E-state index in [1.165, 1.54) is 0 Å². The van der Waals surface area contributed by atoms with Gasteiger partial charge < -0.3 is 14.7 Å². The Morgan fingerprint density at radius 3 is 2.57 bits per heavy atom. The van der Waals surface area contributed by atoms with Crippen LogP contribution in [0.5, 0.6) is 11.5 Å². The van der Waals surface area contributed by atoms with Crippen LogP contribution < -0.4 is 4.74 Å². The molecule has 1 aliphatic heterocycles. The summed E-state index contributed by atoms with van der Waals surface area (Å²) in [5.41, 5.74) is 0.523. The number of carbonyl (C=O) groups excluding carboxylic acids is 1. The van der Waals surface area contributed by atoms with Crippen LogP contribution in [-0.2, 0) is 4.79 Å². The van der Waals surface area contributed by atoms with Gasteiger partial charge in [0.1, 0.15) is 11.5 Å². The zero-order chi connectivity index (χ0) is 16.2. The molecule has 1 aliphatic rings. The van der Waals surface area contributed by atoms with E-state index in [1.54, 1.807) is 53.7 Å². The van der Waals surface area contributed by atoms with Gasteiger partial charge >= 0.3 is 5.97 Å². The largest absolute Gasteiger partial charge is 0.481 e. The van der Waals surface area contributed by atoms with Crippen LogP contribution in [0.25, 0.3) is 0 Å². The lowest BCUT2D eigenvalue weighted by atomic mass is 10.1. The smallest absolute Gasteiger partial charge is 0.308 e. The second-order valence-corrected chi connectivity index (χ2v) is 5.39. The number of carboxylic acids is 1. The van der Waals surface area contributed by atoms with Crippen LogP contribution in [0.15, 0.2) is 48.8 Å². The molecule has 0 aliphatic carbocycles. The van der Waals surface area contributed by atoms with E-state index in [4.69, 9.17) is 9.84 Å². The van der Waals surface area contributed by atoms with Crippen LogP contribution in [0, 0.1) is 5.92 Å². The normalized spacial score (nSPS) is 17.0. The van der Waals surface area contributed by atoms with Gasteiger partial charge in [0.15, 0.2) is 0 Å². The van der Waals surface area contributed by atoms with E-state index >= 15 is 0 Å². The highest BCUT2D eigenvalue weighted by Gasteiger charge is 2.31. The van der Waals surface area contributed by atoms with Crippen molar-refractivity contribution < 1.29 is 19.4 Å². The van der Waals surface area contributed by atoms with Crippen molar-refractivity contribution in [2.75, 3.05) is 13.1 Å². The highest BCUT2D eigenvalue weighted by molar-refractivity contribution is 5.95. The summed E-state index contributed by atoms with van der Waals surface area (Å²) >= 11 is 0. The number of nitrogens with zero attached hydrogens (tertiary/aromatic N) is 2. The number of rotatable bonds is 4. The number of carboxylic acid groups (broad SMARTS) is 1. The molecule has 1 N–H and O–H groups in total. The van der Waals surface area contributed by atoms with Gasteiger partial charge in [-0.25, -0.2) is 0 Å². The zero-order valence-electron chi connectivity index (χ0n) is 12.4. The Hall–Kier alpha value is -2.89. The Labute approximate surface area is 133 Å². The van der Waals surface area contributed by atoms with Crippen molar-refractivity contribution in [3.05, 3.63) is 54.4 Å². The maximum Gasteiger partial charge on any atom is 0.308 e. The number of benzene rings is 1. The fraction of sp³-hybridized carbons (Fsp3) is 0.235. The molecule has 1 aromatic carbocycles. The third-order valence-corrected chi connectivity index (χ3v) is 3.80. The van der Waals surface area contributed by atoms with Gasteiger partial charge in [-0.05, 0) is 42.8 Å². The minimum Gasteiger partial charge on any atom is -0.481 e. The maximum absolute atomic E-state index is 12.4. The van der Waals surface area contributed by atoms with Crippen molar-refractivity contribution in [2.24, 2.45) is 5.92 Å². The molecule has 23 heavy (non-hydrogen) atoms. The number of aromatic nitrogens is 1. The third-order valence-electron chi connectivity index (χ3n) is 3.80. The molecule has 0 unspecified atom stereocenters. The van der Waals surface area contributed by atoms with Gasteiger partial charge in [0.2, 0.25) is 0 Å². The standard InChI is InChI=1S/C17H16N2O4/c20-16(19-9-7-13(11-19)17(21)22)12-3-5-14(6-4-12)23-15-2-1-8-18-10-15/h1-6,8,10,13H,7,9,11H2,(H,21,22)/t13-/m1/s1. The SMILES string of the molecule is O=C(O)[C@@H]1CCN(C(=O)c2ccc(Oc3cccnc3)cc2)C1. The molecular weight excluding hydrogens is 296 g/mol. The quantitative estimate of drug-likeness (QED) is 0.938. The van der Waals surface area contributed by atoms with E-state index in [2.05, 4.69) is 4.98 Å². The monoisotopic (exact) mass is 312 g/mol. The predicted octanol–water partition coefficient (Wildman–Crippen LogP) is 2.42. The van der Waals surface area contributed by atoms with Crippen molar-refractivity contribution in [1.82, 2.24) is 9.88 Å². The average Bonchev–Trinajstić information content (AvgIpc) is 3.06. The molecular formula is C17H16N2O4. The molecule has 118 valence electrons. The Bertz CT molecular complexity index is 700.